The normalized spacial score (nSPS) is 19.6. The average molecular weight is 360 g/mol. The van der Waals surface area contributed by atoms with Crippen LogP contribution in [0.15, 0.2) is 16.7 Å². The fourth-order valence-electron chi connectivity index (χ4n) is 2.01. The van der Waals surface area contributed by atoms with Crippen LogP contribution in [0.2, 0.25) is 5.02 Å². The fourth-order valence-corrected chi connectivity index (χ4v) is 2.76. The first kappa shape index (κ1) is 14.9. The fraction of sp³-hybridized carbons (Fsp3) is 0.545. The Morgan fingerprint density at radius 1 is 1.37 bits per heavy atom. The Kier molecular flexibility index (Phi) is 3.99. The monoisotopic (exact) mass is 358 g/mol. The third-order valence-electron chi connectivity index (χ3n) is 3.21. The van der Waals surface area contributed by atoms with E-state index in [4.69, 9.17) is 11.6 Å². The highest BCUT2D eigenvalue weighted by atomic mass is 79.9. The third-order valence-corrected chi connectivity index (χ3v) is 3.92. The van der Waals surface area contributed by atoms with E-state index in [0.717, 1.165) is 0 Å². The molecule has 0 bridgehead atoms. The predicted octanol–water partition coefficient (Wildman–Crippen LogP) is 3.39. The van der Waals surface area contributed by atoms with E-state index >= 15 is 0 Å². The molecule has 1 saturated heterocycles. The molecule has 1 N–H and O–H groups in total. The minimum absolute atomic E-state index is 0.0599. The maximum Gasteiger partial charge on any atom is 0.417 e. The van der Waals surface area contributed by atoms with E-state index in [0.29, 0.717) is 15.3 Å². The topological polar surface area (TPSA) is 36.4 Å². The summed E-state index contributed by atoms with van der Waals surface area (Å²) in [7, 11) is 0. The van der Waals surface area contributed by atoms with Gasteiger partial charge in [0.15, 0.2) is 5.60 Å². The summed E-state index contributed by atoms with van der Waals surface area (Å²) in [6, 6.07) is 1.63. The molecule has 19 heavy (non-hydrogen) atoms. The number of nitrogens with zero attached hydrogens (tertiary/aromatic N) is 2. The van der Waals surface area contributed by atoms with E-state index in [1.165, 1.54) is 6.20 Å². The van der Waals surface area contributed by atoms with Crippen LogP contribution in [0, 0.1) is 0 Å². The maximum atomic E-state index is 12.7. The van der Waals surface area contributed by atoms with Crippen LogP contribution >= 0.6 is 27.5 Å². The van der Waals surface area contributed by atoms with Crippen molar-refractivity contribution in [3.05, 3.63) is 21.8 Å². The van der Waals surface area contributed by atoms with Gasteiger partial charge in [0.05, 0.1) is 5.02 Å². The zero-order valence-corrected chi connectivity index (χ0v) is 12.1. The van der Waals surface area contributed by atoms with Crippen molar-refractivity contribution in [1.29, 1.82) is 0 Å². The van der Waals surface area contributed by atoms with E-state index in [2.05, 4.69) is 20.9 Å². The van der Waals surface area contributed by atoms with E-state index in [-0.39, 0.29) is 25.9 Å². The van der Waals surface area contributed by atoms with Crippen LogP contribution < -0.4 is 4.90 Å². The number of anilines is 1. The first-order chi connectivity index (χ1) is 8.73. The molecule has 0 radical (unpaired) electrons. The zero-order valence-electron chi connectivity index (χ0n) is 9.71. The molecule has 0 unspecified atom stereocenters. The molecular weight excluding hydrogens is 348 g/mol. The van der Waals surface area contributed by atoms with Gasteiger partial charge in [0.2, 0.25) is 0 Å². The summed E-state index contributed by atoms with van der Waals surface area (Å²) in [5, 5.41) is 9.94. The lowest BCUT2D eigenvalue weighted by Crippen LogP contribution is -2.53. The standard InChI is InChI=1S/C11H11BrClF3N2O/c12-7-5-8(13)9(17-6-7)18-3-1-10(19,2-4-18)11(14,15)16/h5-6,19H,1-4H2. The molecule has 0 atom stereocenters. The highest BCUT2D eigenvalue weighted by Gasteiger charge is 2.54. The van der Waals surface area contributed by atoms with Crippen LogP contribution in [0.3, 0.4) is 0 Å². The van der Waals surface area contributed by atoms with Gasteiger partial charge < -0.3 is 10.0 Å². The lowest BCUT2D eigenvalue weighted by molar-refractivity contribution is -0.266. The van der Waals surface area contributed by atoms with E-state index in [1.807, 2.05) is 0 Å². The summed E-state index contributed by atoms with van der Waals surface area (Å²) >= 11 is 9.22. The van der Waals surface area contributed by atoms with Gasteiger partial charge in [-0.3, -0.25) is 0 Å². The number of aliphatic hydroxyl groups is 1. The van der Waals surface area contributed by atoms with Gasteiger partial charge in [-0.1, -0.05) is 11.6 Å². The largest absolute Gasteiger partial charge is 0.417 e. The minimum Gasteiger partial charge on any atom is -0.380 e. The van der Waals surface area contributed by atoms with Crippen LogP contribution in [0.5, 0.6) is 0 Å². The van der Waals surface area contributed by atoms with Crippen LogP contribution in [0.25, 0.3) is 0 Å². The highest BCUT2D eigenvalue weighted by Crippen LogP contribution is 2.39. The molecule has 0 aliphatic carbocycles. The molecule has 1 aromatic rings. The molecule has 2 heterocycles. The van der Waals surface area contributed by atoms with Crippen molar-refractivity contribution in [3.63, 3.8) is 0 Å². The highest BCUT2D eigenvalue weighted by molar-refractivity contribution is 9.10. The Hall–Kier alpha value is -0.530. The van der Waals surface area contributed by atoms with Gasteiger partial charge in [-0.15, -0.1) is 0 Å². The number of rotatable bonds is 1. The van der Waals surface area contributed by atoms with Gasteiger partial charge >= 0.3 is 6.18 Å². The van der Waals surface area contributed by atoms with Crippen LogP contribution in [0.1, 0.15) is 12.8 Å². The molecule has 3 nitrogen and oxygen atoms in total. The second-order valence-corrected chi connectivity index (χ2v) is 5.80. The first-order valence-corrected chi connectivity index (χ1v) is 6.75. The number of hydrogen-bond donors (Lipinski definition) is 1. The van der Waals surface area contributed by atoms with Crippen LogP contribution in [0.4, 0.5) is 19.0 Å². The van der Waals surface area contributed by atoms with Crippen LogP contribution in [-0.2, 0) is 0 Å². The quantitative estimate of drug-likeness (QED) is 0.835. The SMILES string of the molecule is OC1(C(F)(F)F)CCN(c2ncc(Br)cc2Cl)CC1. The summed E-state index contributed by atoms with van der Waals surface area (Å²) in [4.78, 5) is 5.74. The number of alkyl halides is 3. The van der Waals surface area contributed by atoms with Crippen molar-refractivity contribution in [1.82, 2.24) is 4.98 Å². The molecule has 1 aromatic heterocycles. The molecule has 2 rings (SSSR count). The molecule has 0 saturated carbocycles. The summed E-state index contributed by atoms with van der Waals surface area (Å²) in [6.45, 7) is 0.120. The minimum atomic E-state index is -4.60. The maximum absolute atomic E-state index is 12.7. The number of hydrogen-bond acceptors (Lipinski definition) is 3. The summed E-state index contributed by atoms with van der Waals surface area (Å²) in [5.41, 5.74) is -2.61. The smallest absolute Gasteiger partial charge is 0.380 e. The summed E-state index contributed by atoms with van der Waals surface area (Å²) < 4.78 is 38.7. The summed E-state index contributed by atoms with van der Waals surface area (Å²) in [6.07, 6.45) is -3.84. The Labute approximate surface area is 121 Å². The Morgan fingerprint density at radius 3 is 2.42 bits per heavy atom. The molecular formula is C11H11BrClF3N2O. The second kappa shape index (κ2) is 5.10. The molecule has 0 spiro atoms. The van der Waals surface area contributed by atoms with Crippen molar-refractivity contribution in [2.75, 3.05) is 18.0 Å². The molecule has 8 heteroatoms. The Bertz CT molecular complexity index is 475. The van der Waals surface area contributed by atoms with E-state index in [9.17, 15) is 18.3 Å². The van der Waals surface area contributed by atoms with Gasteiger partial charge in [-0.05, 0) is 22.0 Å². The van der Waals surface area contributed by atoms with Gasteiger partial charge in [-0.25, -0.2) is 4.98 Å². The average Bonchev–Trinajstić information content (AvgIpc) is 2.29. The predicted molar refractivity (Wildman–Crippen MR) is 69.4 cm³/mol. The molecule has 0 aromatic carbocycles. The molecule has 106 valence electrons. The molecule has 1 aliphatic rings. The number of halogens is 5. The third kappa shape index (κ3) is 2.98. The number of piperidine rings is 1. The number of aromatic nitrogens is 1. The van der Waals surface area contributed by atoms with E-state index < -0.39 is 11.8 Å². The van der Waals surface area contributed by atoms with Crippen molar-refractivity contribution in [2.24, 2.45) is 0 Å². The van der Waals surface area contributed by atoms with Crippen LogP contribution in [-0.4, -0.2) is 35.0 Å². The lowest BCUT2D eigenvalue weighted by Gasteiger charge is -2.39. The molecule has 1 aliphatic heterocycles. The van der Waals surface area contributed by atoms with Crippen molar-refractivity contribution in [2.45, 2.75) is 24.6 Å². The van der Waals surface area contributed by atoms with E-state index in [1.54, 1.807) is 11.0 Å². The molecule has 0 amide bonds. The van der Waals surface area contributed by atoms with Gasteiger partial charge in [0.1, 0.15) is 5.82 Å². The first-order valence-electron chi connectivity index (χ1n) is 5.58. The molecule has 1 fully saturated rings. The van der Waals surface area contributed by atoms with Gasteiger partial charge in [-0.2, -0.15) is 13.2 Å². The number of pyridine rings is 1. The van der Waals surface area contributed by atoms with Crippen molar-refractivity contribution in [3.8, 4) is 0 Å². The van der Waals surface area contributed by atoms with Crippen molar-refractivity contribution >= 4 is 33.3 Å². The van der Waals surface area contributed by atoms with Crippen molar-refractivity contribution < 1.29 is 18.3 Å². The zero-order chi connectivity index (χ0) is 14.3. The lowest BCUT2D eigenvalue weighted by atomic mass is 9.91. The Morgan fingerprint density at radius 2 is 1.95 bits per heavy atom. The van der Waals surface area contributed by atoms with Gasteiger partial charge in [0.25, 0.3) is 0 Å². The van der Waals surface area contributed by atoms with Gasteiger partial charge in [0, 0.05) is 36.6 Å². The Balaban J connectivity index is 2.12. The second-order valence-electron chi connectivity index (χ2n) is 4.48. The summed E-state index contributed by atoms with van der Waals surface area (Å²) in [5.74, 6) is 0.439.